The molecule has 134 valence electrons. The van der Waals surface area contributed by atoms with Gasteiger partial charge in [0.1, 0.15) is 11.6 Å². The lowest BCUT2D eigenvalue weighted by Gasteiger charge is -2.09. The number of rotatable bonds is 6. The number of alkyl halides is 3. The van der Waals surface area contributed by atoms with Crippen molar-refractivity contribution in [3.8, 4) is 5.75 Å². The summed E-state index contributed by atoms with van der Waals surface area (Å²) >= 11 is 0. The Morgan fingerprint density at radius 3 is 2.23 bits per heavy atom. The minimum atomic E-state index is -4.74. The summed E-state index contributed by atoms with van der Waals surface area (Å²) in [4.78, 5) is 4.20. The highest BCUT2D eigenvalue weighted by molar-refractivity contribution is 5.98. The highest BCUT2D eigenvalue weighted by atomic mass is 19.4. The van der Waals surface area contributed by atoms with Crippen molar-refractivity contribution in [2.75, 3.05) is 0 Å². The molecule has 2 aromatic rings. The second kappa shape index (κ2) is 8.66. The maximum Gasteiger partial charge on any atom is 0.573 e. The largest absolute Gasteiger partial charge is 0.573 e. The van der Waals surface area contributed by atoms with E-state index in [2.05, 4.69) is 9.73 Å². The van der Waals surface area contributed by atoms with Gasteiger partial charge in [-0.3, -0.25) is 0 Å². The van der Waals surface area contributed by atoms with E-state index in [9.17, 15) is 13.2 Å². The van der Waals surface area contributed by atoms with E-state index in [1.165, 1.54) is 36.5 Å². The van der Waals surface area contributed by atoms with Crippen molar-refractivity contribution in [3.05, 3.63) is 84.1 Å². The van der Waals surface area contributed by atoms with Crippen LogP contribution in [0.3, 0.4) is 0 Å². The van der Waals surface area contributed by atoms with Crippen LogP contribution in [0.1, 0.15) is 11.1 Å². The van der Waals surface area contributed by atoms with Gasteiger partial charge in [0.05, 0.1) is 0 Å². The third kappa shape index (κ3) is 5.94. The fourth-order valence-corrected chi connectivity index (χ4v) is 2.04. The number of allylic oxidation sites excluding steroid dienone is 3. The van der Waals surface area contributed by atoms with E-state index in [1.807, 2.05) is 30.3 Å². The number of nitrogens with two attached hydrogens (primary N) is 1. The summed E-state index contributed by atoms with van der Waals surface area (Å²) in [6, 6.07) is 14.5. The van der Waals surface area contributed by atoms with Crippen molar-refractivity contribution in [2.45, 2.75) is 6.36 Å². The summed E-state index contributed by atoms with van der Waals surface area (Å²) in [5, 5.41) is 7.10. The van der Waals surface area contributed by atoms with Gasteiger partial charge < -0.3 is 15.9 Å². The Labute approximate surface area is 148 Å². The lowest BCUT2D eigenvalue weighted by molar-refractivity contribution is -0.274. The van der Waals surface area contributed by atoms with Crippen LogP contribution in [0.15, 0.2) is 77.9 Å². The quantitative estimate of drug-likeness (QED) is 0.452. The summed E-state index contributed by atoms with van der Waals surface area (Å²) in [6.45, 7) is 0. The molecule has 0 aliphatic heterocycles. The monoisotopic (exact) mass is 359 g/mol. The molecule has 3 N–H and O–H groups in total. The van der Waals surface area contributed by atoms with E-state index >= 15 is 0 Å². The molecule has 0 saturated carbocycles. The predicted molar refractivity (Wildman–Crippen MR) is 96.2 cm³/mol. The number of halogens is 3. The van der Waals surface area contributed by atoms with Crippen LogP contribution in [-0.2, 0) is 0 Å². The number of aliphatic imine (C=N–C) groups is 1. The molecule has 0 saturated heterocycles. The van der Waals surface area contributed by atoms with Gasteiger partial charge >= 0.3 is 6.36 Å². The van der Waals surface area contributed by atoms with Crippen molar-refractivity contribution in [1.82, 2.24) is 0 Å². The molecule has 26 heavy (non-hydrogen) atoms. The van der Waals surface area contributed by atoms with E-state index in [-0.39, 0.29) is 5.75 Å². The average molecular weight is 359 g/mol. The second-order valence-electron chi connectivity index (χ2n) is 5.06. The van der Waals surface area contributed by atoms with Gasteiger partial charge in [-0.15, -0.1) is 13.2 Å². The maximum absolute atomic E-state index is 12.2. The van der Waals surface area contributed by atoms with Crippen LogP contribution < -0.4 is 10.5 Å². The van der Waals surface area contributed by atoms with Crippen LogP contribution in [0.25, 0.3) is 5.57 Å². The molecule has 0 bridgehead atoms. The van der Waals surface area contributed by atoms with Crippen molar-refractivity contribution in [2.24, 2.45) is 10.7 Å². The van der Waals surface area contributed by atoms with Crippen LogP contribution in [0.4, 0.5) is 13.2 Å². The van der Waals surface area contributed by atoms with Crippen molar-refractivity contribution in [1.29, 1.82) is 5.41 Å². The van der Waals surface area contributed by atoms with Crippen molar-refractivity contribution < 1.29 is 17.9 Å². The van der Waals surface area contributed by atoms with Gasteiger partial charge in [-0.2, -0.15) is 0 Å². The van der Waals surface area contributed by atoms with E-state index in [4.69, 9.17) is 11.1 Å². The van der Waals surface area contributed by atoms with Crippen molar-refractivity contribution >= 4 is 17.6 Å². The van der Waals surface area contributed by atoms with E-state index in [0.29, 0.717) is 17.0 Å². The van der Waals surface area contributed by atoms with Gasteiger partial charge in [0.2, 0.25) is 0 Å². The van der Waals surface area contributed by atoms with E-state index in [0.717, 1.165) is 11.8 Å². The minimum absolute atomic E-state index is 0.295. The normalized spacial score (nSPS) is 13.0. The highest BCUT2D eigenvalue weighted by Gasteiger charge is 2.30. The fraction of sp³-hybridized carbons (Fsp3) is 0.0526. The summed E-state index contributed by atoms with van der Waals surface area (Å²) in [7, 11) is 0. The Hall–Kier alpha value is -3.35. The molecule has 7 heteroatoms. The van der Waals surface area contributed by atoms with Gasteiger partial charge in [-0.05, 0) is 23.8 Å². The fourth-order valence-electron chi connectivity index (χ4n) is 2.04. The Kier molecular flexibility index (Phi) is 6.32. The van der Waals surface area contributed by atoms with Crippen LogP contribution in [0.5, 0.6) is 5.75 Å². The number of nitrogens with one attached hydrogen (secondary N) is 1. The molecule has 0 aliphatic rings. The van der Waals surface area contributed by atoms with Gasteiger partial charge in [0.25, 0.3) is 0 Å². The average Bonchev–Trinajstić information content (AvgIpc) is 2.62. The van der Waals surface area contributed by atoms with Gasteiger partial charge in [-0.1, -0.05) is 48.5 Å². The molecule has 0 spiro atoms. The third-order valence-corrected chi connectivity index (χ3v) is 3.21. The first kappa shape index (κ1) is 19.0. The molecule has 4 nitrogen and oxygen atoms in total. The zero-order valence-corrected chi connectivity index (χ0v) is 13.6. The summed E-state index contributed by atoms with van der Waals surface area (Å²) in [5.74, 6) is -0.0210. The van der Waals surface area contributed by atoms with Crippen LogP contribution in [0, 0.1) is 5.41 Å². The van der Waals surface area contributed by atoms with Crippen LogP contribution in [0.2, 0.25) is 0 Å². The van der Waals surface area contributed by atoms with E-state index in [1.54, 1.807) is 6.08 Å². The zero-order valence-electron chi connectivity index (χ0n) is 13.6. The highest BCUT2D eigenvalue weighted by Crippen LogP contribution is 2.25. The number of ether oxygens (including phenoxy) is 1. The first-order valence-electron chi connectivity index (χ1n) is 7.51. The molecule has 0 aromatic heterocycles. The Morgan fingerprint density at radius 2 is 1.65 bits per heavy atom. The van der Waals surface area contributed by atoms with Crippen molar-refractivity contribution in [3.63, 3.8) is 0 Å². The smallest absolute Gasteiger partial charge is 0.406 e. The number of nitrogens with zero attached hydrogens (tertiary/aromatic N) is 1. The zero-order chi connectivity index (χ0) is 19.0. The molecular weight excluding hydrogens is 343 g/mol. The van der Waals surface area contributed by atoms with Gasteiger partial charge in [-0.25, -0.2) is 4.99 Å². The third-order valence-electron chi connectivity index (χ3n) is 3.21. The topological polar surface area (TPSA) is 71.5 Å². The minimum Gasteiger partial charge on any atom is -0.406 e. The molecule has 2 aromatic carbocycles. The summed E-state index contributed by atoms with van der Waals surface area (Å²) < 4.78 is 40.6. The lowest BCUT2D eigenvalue weighted by atomic mass is 10.1. The SMILES string of the molecule is N=C/C=C\C(=C/N=C(N)c1ccccc1)c1ccc(OC(F)(F)F)cc1. The van der Waals surface area contributed by atoms with Crippen LogP contribution >= 0.6 is 0 Å². The number of hydrogen-bond donors (Lipinski definition) is 2. The first-order chi connectivity index (χ1) is 12.4. The molecule has 0 amide bonds. The molecule has 0 radical (unpaired) electrons. The Balaban J connectivity index is 2.29. The van der Waals surface area contributed by atoms with Crippen LogP contribution in [-0.4, -0.2) is 18.4 Å². The molecule has 2 rings (SSSR count). The van der Waals surface area contributed by atoms with Gasteiger partial charge in [0.15, 0.2) is 0 Å². The molecule has 0 fully saturated rings. The first-order valence-corrected chi connectivity index (χ1v) is 7.51. The summed E-state index contributed by atoms with van der Waals surface area (Å²) in [6.07, 6.45) is 0.907. The lowest BCUT2D eigenvalue weighted by Crippen LogP contribution is -2.16. The number of amidine groups is 1. The number of hydrogen-bond acceptors (Lipinski definition) is 3. The molecule has 0 aliphatic carbocycles. The molecule has 0 atom stereocenters. The number of benzene rings is 2. The Bertz CT molecular complexity index is 823. The Morgan fingerprint density at radius 1 is 1.00 bits per heavy atom. The molecule has 0 unspecified atom stereocenters. The maximum atomic E-state index is 12.2. The molecular formula is C19H16F3N3O. The van der Waals surface area contributed by atoms with Gasteiger partial charge in [0, 0.05) is 23.6 Å². The predicted octanol–water partition coefficient (Wildman–Crippen LogP) is 4.54. The van der Waals surface area contributed by atoms with E-state index < -0.39 is 6.36 Å². The summed E-state index contributed by atoms with van der Waals surface area (Å²) in [5.41, 5.74) is 7.85. The molecule has 0 heterocycles. The second-order valence-corrected chi connectivity index (χ2v) is 5.06. The standard InChI is InChI=1S/C19H16F3N3O/c20-19(21,22)26-17-10-8-14(9-11-17)16(7-4-12-23)13-25-18(24)15-5-2-1-3-6-15/h1-13,23H,(H2,24,25)/b7-4-,16-13+,23-12?.